The van der Waals surface area contributed by atoms with Crippen LogP contribution in [0, 0.1) is 0 Å². The molecule has 0 bridgehead atoms. The number of β-amino-alcohol motifs (C(OH)–C–C–N with tert-alkyl or cyclic N) is 1. The Morgan fingerprint density at radius 1 is 0.784 bits per heavy atom. The standard InChI is InChI=1S/C18H37NO.C9H21NO2.H3O4P/c1-2-3-4-5-6-7-8-9-10-11-12-13-14-15-16-17-18(19)20;1-4-5-8(12)9(2,3)10-6-7-11;1-5(2,3)4/h2-17H2,1H3,(H2,19,20);8,10-12H,4-7H2,1-3H3;(H3,1,2,3,4). The summed E-state index contributed by atoms with van der Waals surface area (Å²) < 4.78 is 8.88. The van der Waals surface area contributed by atoms with Gasteiger partial charge in [-0.1, -0.05) is 110 Å². The molecule has 0 aromatic rings. The molecule has 0 aliphatic rings. The Hall–Kier alpha value is -0.540. The van der Waals surface area contributed by atoms with E-state index in [0.29, 0.717) is 13.0 Å². The SMILES string of the molecule is CCCC(O)C(C)(C)NCCO.CCCCCCCCCCCCCCCCCC(N)=O.O=P(O)(O)O. The Morgan fingerprint density at radius 2 is 1.14 bits per heavy atom. The van der Waals surface area contributed by atoms with Crippen molar-refractivity contribution >= 4 is 13.7 Å². The number of amides is 1. The maximum Gasteiger partial charge on any atom is 0.466 e. The molecule has 10 heteroatoms. The highest BCUT2D eigenvalue weighted by atomic mass is 31.2. The minimum absolute atomic E-state index is 0.113. The second-order valence-electron chi connectivity index (χ2n) is 10.4. The van der Waals surface area contributed by atoms with Gasteiger partial charge < -0.3 is 35.9 Å². The number of hydrogen-bond donors (Lipinski definition) is 7. The van der Waals surface area contributed by atoms with Gasteiger partial charge in [-0.2, -0.15) is 0 Å². The molecule has 9 nitrogen and oxygen atoms in total. The van der Waals surface area contributed by atoms with E-state index in [1.54, 1.807) is 0 Å². The minimum Gasteiger partial charge on any atom is -0.395 e. The Morgan fingerprint density at radius 3 is 1.43 bits per heavy atom. The van der Waals surface area contributed by atoms with Crippen LogP contribution in [0.3, 0.4) is 0 Å². The first kappa shape index (κ1) is 40.9. The lowest BCUT2D eigenvalue weighted by Gasteiger charge is -2.31. The van der Waals surface area contributed by atoms with Crippen LogP contribution in [0.5, 0.6) is 0 Å². The lowest BCUT2D eigenvalue weighted by molar-refractivity contribution is -0.118. The maximum atomic E-state index is 10.6. The normalized spacial score (nSPS) is 12.2. The van der Waals surface area contributed by atoms with Crippen LogP contribution >= 0.6 is 7.82 Å². The van der Waals surface area contributed by atoms with Crippen molar-refractivity contribution in [2.24, 2.45) is 5.73 Å². The quantitative estimate of drug-likeness (QED) is 0.0693. The van der Waals surface area contributed by atoms with Crippen LogP contribution in [-0.4, -0.2) is 55.6 Å². The zero-order valence-corrected chi connectivity index (χ0v) is 25.2. The first-order valence-corrected chi connectivity index (χ1v) is 16.0. The number of nitrogens with two attached hydrogens (primary N) is 1. The molecular formula is C27H61N2O7P. The Labute approximate surface area is 227 Å². The number of unbranched alkanes of at least 4 members (excludes halogenated alkanes) is 14. The van der Waals surface area contributed by atoms with Crippen LogP contribution in [0.25, 0.3) is 0 Å². The lowest BCUT2D eigenvalue weighted by atomic mass is 9.94. The van der Waals surface area contributed by atoms with E-state index in [0.717, 1.165) is 19.3 Å². The molecule has 0 aromatic carbocycles. The fourth-order valence-electron chi connectivity index (χ4n) is 3.80. The van der Waals surface area contributed by atoms with Crippen molar-refractivity contribution in [3.63, 3.8) is 0 Å². The summed E-state index contributed by atoms with van der Waals surface area (Å²) in [6, 6.07) is 0. The number of aliphatic hydroxyl groups is 2. The van der Waals surface area contributed by atoms with Crippen LogP contribution in [0.1, 0.15) is 143 Å². The fraction of sp³-hybridized carbons (Fsp3) is 0.963. The highest BCUT2D eigenvalue weighted by Crippen LogP contribution is 2.25. The molecule has 0 fully saturated rings. The lowest BCUT2D eigenvalue weighted by Crippen LogP contribution is -2.50. The van der Waals surface area contributed by atoms with Crippen molar-refractivity contribution in [3.8, 4) is 0 Å². The molecule has 0 aliphatic carbocycles. The highest BCUT2D eigenvalue weighted by Gasteiger charge is 2.25. The first-order valence-electron chi connectivity index (χ1n) is 14.4. The fourth-order valence-corrected chi connectivity index (χ4v) is 3.80. The predicted octanol–water partition coefficient (Wildman–Crippen LogP) is 5.31. The third-order valence-electron chi connectivity index (χ3n) is 6.11. The van der Waals surface area contributed by atoms with E-state index in [9.17, 15) is 9.90 Å². The summed E-state index contributed by atoms with van der Waals surface area (Å²) >= 11 is 0. The van der Waals surface area contributed by atoms with Gasteiger partial charge in [-0.05, 0) is 26.7 Å². The van der Waals surface area contributed by atoms with Crippen molar-refractivity contribution in [2.45, 2.75) is 155 Å². The van der Waals surface area contributed by atoms with Gasteiger partial charge in [0.15, 0.2) is 0 Å². The first-order chi connectivity index (χ1) is 17.3. The summed E-state index contributed by atoms with van der Waals surface area (Å²) in [4.78, 5) is 32.1. The van der Waals surface area contributed by atoms with Crippen molar-refractivity contribution in [2.75, 3.05) is 13.2 Å². The molecule has 0 saturated carbocycles. The van der Waals surface area contributed by atoms with Gasteiger partial charge in [0.2, 0.25) is 5.91 Å². The van der Waals surface area contributed by atoms with Crippen LogP contribution in [0.15, 0.2) is 0 Å². The third kappa shape index (κ3) is 42.8. The number of aliphatic hydroxyl groups excluding tert-OH is 2. The van der Waals surface area contributed by atoms with Crippen LogP contribution < -0.4 is 11.1 Å². The molecule has 226 valence electrons. The van der Waals surface area contributed by atoms with Gasteiger partial charge in [-0.25, -0.2) is 4.57 Å². The van der Waals surface area contributed by atoms with Crippen LogP contribution in [0.2, 0.25) is 0 Å². The number of primary amides is 1. The van der Waals surface area contributed by atoms with Crippen LogP contribution in [0.4, 0.5) is 0 Å². The van der Waals surface area contributed by atoms with Crippen molar-refractivity contribution in [1.82, 2.24) is 5.32 Å². The molecule has 0 aliphatic heterocycles. The van der Waals surface area contributed by atoms with E-state index >= 15 is 0 Å². The van der Waals surface area contributed by atoms with Crippen molar-refractivity contribution < 1.29 is 34.3 Å². The smallest absolute Gasteiger partial charge is 0.395 e. The van der Waals surface area contributed by atoms with E-state index in [1.807, 2.05) is 20.8 Å². The molecule has 0 radical (unpaired) electrons. The molecule has 0 aromatic heterocycles. The number of phosphoric acid groups is 1. The van der Waals surface area contributed by atoms with Crippen molar-refractivity contribution in [3.05, 3.63) is 0 Å². The number of nitrogens with one attached hydrogen (secondary N) is 1. The monoisotopic (exact) mass is 556 g/mol. The molecule has 1 amide bonds. The molecule has 0 rings (SSSR count). The second-order valence-corrected chi connectivity index (χ2v) is 11.4. The van der Waals surface area contributed by atoms with Crippen molar-refractivity contribution in [1.29, 1.82) is 0 Å². The molecule has 1 atom stereocenters. The molecule has 0 saturated heterocycles. The van der Waals surface area contributed by atoms with Crippen LogP contribution in [-0.2, 0) is 9.36 Å². The highest BCUT2D eigenvalue weighted by molar-refractivity contribution is 7.45. The van der Waals surface area contributed by atoms with E-state index in [1.165, 1.54) is 89.9 Å². The van der Waals surface area contributed by atoms with E-state index in [-0.39, 0.29) is 24.2 Å². The molecule has 8 N–H and O–H groups in total. The number of hydrogen-bond acceptors (Lipinski definition) is 5. The van der Waals surface area contributed by atoms with E-state index in [2.05, 4.69) is 12.2 Å². The summed E-state index contributed by atoms with van der Waals surface area (Å²) in [5.74, 6) is -0.153. The number of carbonyl (C=O) groups is 1. The number of rotatable bonds is 22. The predicted molar refractivity (Wildman–Crippen MR) is 153 cm³/mol. The Balaban J connectivity index is -0.000000572. The van der Waals surface area contributed by atoms with Gasteiger partial charge in [-0.15, -0.1) is 0 Å². The average Bonchev–Trinajstić information content (AvgIpc) is 2.79. The zero-order chi connectivity index (χ0) is 29.0. The summed E-state index contributed by atoms with van der Waals surface area (Å²) in [5.41, 5.74) is 4.81. The van der Waals surface area contributed by atoms with Gasteiger partial charge in [0.05, 0.1) is 12.7 Å². The van der Waals surface area contributed by atoms with Gasteiger partial charge in [-0.3, -0.25) is 4.79 Å². The van der Waals surface area contributed by atoms with E-state index in [4.69, 9.17) is 30.1 Å². The Kier molecular flexibility index (Phi) is 31.5. The molecular weight excluding hydrogens is 495 g/mol. The number of carbonyl (C=O) groups excluding carboxylic acids is 1. The summed E-state index contributed by atoms with van der Waals surface area (Å²) in [6.07, 6.45) is 22.3. The summed E-state index contributed by atoms with van der Waals surface area (Å²) in [6.45, 7) is 8.87. The van der Waals surface area contributed by atoms with Gasteiger partial charge >= 0.3 is 7.82 Å². The minimum atomic E-state index is -4.64. The topological polar surface area (TPSA) is 173 Å². The van der Waals surface area contributed by atoms with Gasteiger partial charge in [0, 0.05) is 18.5 Å². The van der Waals surface area contributed by atoms with Gasteiger partial charge in [0.25, 0.3) is 0 Å². The molecule has 1 unspecified atom stereocenters. The molecule has 0 spiro atoms. The average molecular weight is 557 g/mol. The summed E-state index contributed by atoms with van der Waals surface area (Å²) in [7, 11) is -4.64. The summed E-state index contributed by atoms with van der Waals surface area (Å²) in [5, 5.41) is 21.3. The molecule has 0 heterocycles. The third-order valence-corrected chi connectivity index (χ3v) is 6.11. The van der Waals surface area contributed by atoms with E-state index < -0.39 is 7.82 Å². The maximum absolute atomic E-state index is 10.6. The largest absolute Gasteiger partial charge is 0.466 e. The molecule has 37 heavy (non-hydrogen) atoms. The zero-order valence-electron chi connectivity index (χ0n) is 24.3. The second kappa shape index (κ2) is 28.5. The van der Waals surface area contributed by atoms with Gasteiger partial charge in [0.1, 0.15) is 0 Å². The Bertz CT molecular complexity index is 523.